The van der Waals surface area contributed by atoms with Crippen LogP contribution in [0, 0.1) is 0 Å². The fourth-order valence-electron chi connectivity index (χ4n) is 5.04. The molecule has 1 N–H and O–H groups in total. The van der Waals surface area contributed by atoms with Crippen molar-refractivity contribution in [2.45, 2.75) is 76.8 Å². The molecule has 3 aliphatic rings. The van der Waals surface area contributed by atoms with E-state index < -0.39 is 0 Å². The number of urea groups is 1. The second-order valence-electron chi connectivity index (χ2n) is 9.45. The Hall–Kier alpha value is -2.14. The fraction of sp³-hybridized carbons (Fsp3) is 0.615. The number of amides is 2. The Morgan fingerprint density at radius 3 is 2.65 bits per heavy atom. The molecule has 2 amide bonds. The Bertz CT molecular complexity index is 796. The number of fused-ring (bicyclic) bond motifs is 5. The minimum absolute atomic E-state index is 0.0568. The number of amidine groups is 1. The maximum Gasteiger partial charge on any atom is 0.345 e. The van der Waals surface area contributed by atoms with Crippen LogP contribution in [0.2, 0.25) is 0 Å². The van der Waals surface area contributed by atoms with Gasteiger partial charge < -0.3 is 10.2 Å². The van der Waals surface area contributed by atoms with Crippen molar-refractivity contribution < 1.29 is 4.79 Å². The van der Waals surface area contributed by atoms with Gasteiger partial charge in [-0.2, -0.15) is 4.99 Å². The van der Waals surface area contributed by atoms with Crippen LogP contribution in [0.5, 0.6) is 0 Å². The summed E-state index contributed by atoms with van der Waals surface area (Å²) in [5, 5.41) is 3.65. The summed E-state index contributed by atoms with van der Waals surface area (Å²) in [4.78, 5) is 22.1. The second kappa shape index (κ2) is 10.9. The van der Waals surface area contributed by atoms with Crippen LogP contribution in [0.15, 0.2) is 35.8 Å². The number of allylic oxidation sites excluding steroid dienone is 1. The molecule has 1 atom stereocenters. The molecule has 0 spiro atoms. The number of carbonyl (C=O) groups is 1. The van der Waals surface area contributed by atoms with Crippen molar-refractivity contribution in [3.05, 3.63) is 42.0 Å². The van der Waals surface area contributed by atoms with Crippen LogP contribution in [0.1, 0.15) is 75.3 Å². The van der Waals surface area contributed by atoms with Crippen LogP contribution in [0.3, 0.4) is 0 Å². The van der Waals surface area contributed by atoms with Crippen LogP contribution in [0.4, 0.5) is 4.79 Å². The molecule has 0 radical (unpaired) electrons. The molecular weight excluding hydrogens is 384 g/mol. The topological polar surface area (TPSA) is 47.9 Å². The predicted octanol–water partition coefficient (Wildman–Crippen LogP) is 5.22. The Labute approximate surface area is 187 Å². The SMILES string of the molecule is C=C1CCCCCN2CCN(CC/C(NC3CCCCC3)=N\C2=O)Cc2cccc1c2. The summed E-state index contributed by atoms with van der Waals surface area (Å²) in [5.41, 5.74) is 3.83. The van der Waals surface area contributed by atoms with Crippen LogP contribution >= 0.6 is 0 Å². The van der Waals surface area contributed by atoms with Crippen molar-refractivity contribution in [3.8, 4) is 0 Å². The molecule has 1 aliphatic carbocycles. The zero-order valence-electron chi connectivity index (χ0n) is 19.0. The third kappa shape index (κ3) is 6.42. The highest BCUT2D eigenvalue weighted by molar-refractivity contribution is 5.94. The van der Waals surface area contributed by atoms with Gasteiger partial charge in [-0.3, -0.25) is 4.90 Å². The largest absolute Gasteiger partial charge is 0.371 e. The van der Waals surface area contributed by atoms with Gasteiger partial charge in [0.25, 0.3) is 0 Å². The standard InChI is InChI=1S/C26H38N4O/c1-21-9-4-3-7-15-30-18-17-29(20-22-10-8-11-23(21)19-22)16-14-25(28-26(30)31)27-24-12-5-2-6-13-24/h8,10-11,19,24H,1-7,9,12-18,20H2,(H,27,28,31). The molecule has 5 nitrogen and oxygen atoms in total. The van der Waals surface area contributed by atoms with Gasteiger partial charge in [0.2, 0.25) is 0 Å². The maximum absolute atomic E-state index is 13.0. The first kappa shape index (κ1) is 22.1. The summed E-state index contributed by atoms with van der Waals surface area (Å²) < 4.78 is 0. The van der Waals surface area contributed by atoms with Crippen molar-refractivity contribution in [1.82, 2.24) is 15.1 Å². The molecule has 0 saturated heterocycles. The minimum atomic E-state index is -0.0568. The highest BCUT2D eigenvalue weighted by Gasteiger charge is 2.21. The molecule has 1 aromatic rings. The Morgan fingerprint density at radius 2 is 1.77 bits per heavy atom. The molecule has 4 bridgehead atoms. The van der Waals surface area contributed by atoms with E-state index >= 15 is 0 Å². The highest BCUT2D eigenvalue weighted by Crippen LogP contribution is 2.22. The number of aliphatic imine (C=N–C) groups is 1. The third-order valence-electron chi connectivity index (χ3n) is 6.98. The molecule has 1 aromatic carbocycles. The number of nitrogens with zero attached hydrogens (tertiary/aromatic N) is 3. The molecule has 31 heavy (non-hydrogen) atoms. The number of nitrogens with one attached hydrogen (secondary N) is 1. The normalized spacial score (nSPS) is 26.3. The zero-order chi connectivity index (χ0) is 21.5. The third-order valence-corrected chi connectivity index (χ3v) is 6.98. The molecular formula is C26H38N4O. The second-order valence-corrected chi connectivity index (χ2v) is 9.45. The number of hydrogen-bond acceptors (Lipinski definition) is 3. The lowest BCUT2D eigenvalue weighted by molar-refractivity contribution is 0.190. The summed E-state index contributed by atoms with van der Waals surface area (Å²) in [7, 11) is 0. The molecule has 1 unspecified atom stereocenters. The number of carbonyl (C=O) groups excluding carboxylic acids is 1. The van der Waals surface area contributed by atoms with Crippen LogP contribution in [-0.2, 0) is 6.54 Å². The number of benzene rings is 1. The molecule has 2 aliphatic heterocycles. The van der Waals surface area contributed by atoms with E-state index in [0.717, 1.165) is 70.7 Å². The Balaban J connectivity index is 1.54. The lowest BCUT2D eigenvalue weighted by Crippen LogP contribution is -2.38. The highest BCUT2D eigenvalue weighted by atomic mass is 16.2. The van der Waals surface area contributed by atoms with Gasteiger partial charge in [0.05, 0.1) is 0 Å². The molecule has 1 fully saturated rings. The molecule has 168 valence electrons. The van der Waals surface area contributed by atoms with Gasteiger partial charge in [0, 0.05) is 45.2 Å². The van der Waals surface area contributed by atoms with E-state index in [9.17, 15) is 4.79 Å². The van der Waals surface area contributed by atoms with Crippen LogP contribution < -0.4 is 5.32 Å². The van der Waals surface area contributed by atoms with E-state index in [1.165, 1.54) is 48.8 Å². The smallest absolute Gasteiger partial charge is 0.345 e. The lowest BCUT2D eigenvalue weighted by atomic mass is 9.95. The summed E-state index contributed by atoms with van der Waals surface area (Å²) in [6.07, 6.45) is 11.4. The quantitative estimate of drug-likeness (QED) is 0.675. The van der Waals surface area contributed by atoms with Gasteiger partial charge in [-0.05, 0) is 48.8 Å². The fourth-order valence-corrected chi connectivity index (χ4v) is 5.04. The van der Waals surface area contributed by atoms with Gasteiger partial charge in [-0.25, -0.2) is 4.79 Å². The first-order valence-electron chi connectivity index (χ1n) is 12.3. The lowest BCUT2D eigenvalue weighted by Gasteiger charge is -2.26. The van der Waals surface area contributed by atoms with Crippen molar-refractivity contribution in [2.24, 2.45) is 4.99 Å². The van der Waals surface area contributed by atoms with Crippen molar-refractivity contribution in [1.29, 1.82) is 0 Å². The summed E-state index contributed by atoms with van der Waals surface area (Å²) >= 11 is 0. The molecule has 5 heteroatoms. The maximum atomic E-state index is 13.0. The van der Waals surface area contributed by atoms with Crippen molar-refractivity contribution >= 4 is 17.4 Å². The Kier molecular flexibility index (Phi) is 7.79. The van der Waals surface area contributed by atoms with E-state index in [0.29, 0.717) is 6.04 Å². The van der Waals surface area contributed by atoms with E-state index in [1.54, 1.807) is 0 Å². The van der Waals surface area contributed by atoms with E-state index in [-0.39, 0.29) is 6.03 Å². The van der Waals surface area contributed by atoms with Gasteiger partial charge in [-0.15, -0.1) is 0 Å². The Morgan fingerprint density at radius 1 is 0.935 bits per heavy atom. The molecule has 0 aromatic heterocycles. The van der Waals surface area contributed by atoms with Gasteiger partial charge in [0.1, 0.15) is 5.84 Å². The molecule has 2 heterocycles. The summed E-state index contributed by atoms with van der Waals surface area (Å²) in [6.45, 7) is 8.59. The zero-order valence-corrected chi connectivity index (χ0v) is 19.0. The summed E-state index contributed by atoms with van der Waals surface area (Å²) in [5.74, 6) is 0.889. The van der Waals surface area contributed by atoms with Crippen LogP contribution in [0.25, 0.3) is 5.57 Å². The summed E-state index contributed by atoms with van der Waals surface area (Å²) in [6, 6.07) is 9.28. The van der Waals surface area contributed by atoms with Gasteiger partial charge in [-0.1, -0.05) is 56.5 Å². The van der Waals surface area contributed by atoms with Crippen molar-refractivity contribution in [2.75, 3.05) is 26.2 Å². The molecule has 1 saturated carbocycles. The van der Waals surface area contributed by atoms with E-state index in [1.807, 2.05) is 4.90 Å². The number of hydrogen-bond donors (Lipinski definition) is 1. The van der Waals surface area contributed by atoms with Gasteiger partial charge >= 0.3 is 6.03 Å². The number of rotatable bonds is 1. The molecule has 4 rings (SSSR count). The monoisotopic (exact) mass is 422 g/mol. The predicted molar refractivity (Wildman–Crippen MR) is 128 cm³/mol. The average Bonchev–Trinajstić information content (AvgIpc) is 2.84. The van der Waals surface area contributed by atoms with E-state index in [2.05, 4.69) is 46.1 Å². The van der Waals surface area contributed by atoms with Crippen molar-refractivity contribution in [3.63, 3.8) is 0 Å². The first-order valence-corrected chi connectivity index (χ1v) is 12.3. The van der Waals surface area contributed by atoms with Crippen LogP contribution in [-0.4, -0.2) is 53.9 Å². The first-order chi connectivity index (χ1) is 15.2. The average molecular weight is 423 g/mol. The van der Waals surface area contributed by atoms with E-state index in [4.69, 9.17) is 0 Å². The van der Waals surface area contributed by atoms with Gasteiger partial charge in [0.15, 0.2) is 0 Å². The minimum Gasteiger partial charge on any atom is -0.371 e.